The van der Waals surface area contributed by atoms with E-state index in [2.05, 4.69) is 9.97 Å². The zero-order valence-corrected chi connectivity index (χ0v) is 11.7. The molecule has 0 amide bonds. The molecule has 0 saturated carbocycles. The zero-order valence-electron chi connectivity index (χ0n) is 10.1. The van der Waals surface area contributed by atoms with Crippen molar-refractivity contribution in [2.45, 2.75) is 23.4 Å². The summed E-state index contributed by atoms with van der Waals surface area (Å²) in [6.45, 7) is 1.85. The van der Waals surface area contributed by atoms with Gasteiger partial charge in [-0.2, -0.15) is 0 Å². The average molecular weight is 283 g/mol. The molecule has 2 aromatic heterocycles. The van der Waals surface area contributed by atoms with Gasteiger partial charge in [-0.1, -0.05) is 11.8 Å². The van der Waals surface area contributed by atoms with E-state index in [0.717, 1.165) is 26.4 Å². The van der Waals surface area contributed by atoms with E-state index in [4.69, 9.17) is 5.11 Å². The van der Waals surface area contributed by atoms with E-state index in [9.17, 15) is 4.79 Å². The molecule has 0 spiro atoms. The van der Waals surface area contributed by atoms with Crippen LogP contribution < -0.4 is 0 Å². The Bertz CT molecular complexity index is 562. The van der Waals surface area contributed by atoms with Crippen molar-refractivity contribution in [3.63, 3.8) is 0 Å². The van der Waals surface area contributed by atoms with Crippen LogP contribution >= 0.6 is 23.1 Å². The second kappa shape index (κ2) is 5.53. The lowest BCUT2D eigenvalue weighted by molar-refractivity contribution is -0.136. The number of thioether (sulfide) groups is 1. The largest absolute Gasteiger partial charge is 0.481 e. The number of thiazole rings is 1. The molecule has 0 unspecified atom stereocenters. The van der Waals surface area contributed by atoms with E-state index in [1.54, 1.807) is 18.1 Å². The Morgan fingerprint density at radius 2 is 2.39 bits per heavy atom. The highest BCUT2D eigenvalue weighted by molar-refractivity contribution is 8.00. The van der Waals surface area contributed by atoms with Crippen molar-refractivity contribution in [3.8, 4) is 0 Å². The number of aryl methyl sites for hydroxylation is 2. The predicted molar refractivity (Wildman–Crippen MR) is 71.0 cm³/mol. The number of rotatable bonds is 5. The molecule has 0 aliphatic carbocycles. The second-order valence-corrected chi connectivity index (χ2v) is 6.15. The summed E-state index contributed by atoms with van der Waals surface area (Å²) in [6, 6.07) is 0. The molecule has 5 nitrogen and oxygen atoms in total. The Labute approximate surface area is 113 Å². The number of hydrogen-bond donors (Lipinski definition) is 1. The number of imidazole rings is 1. The van der Waals surface area contributed by atoms with Crippen molar-refractivity contribution < 1.29 is 9.90 Å². The van der Waals surface area contributed by atoms with Gasteiger partial charge in [0.25, 0.3) is 0 Å². The standard InChI is InChI=1S/C11H13N3O2S2/c1-7-9(3-10(15)16)18-11(13-7)17-5-8-4-12-6-14(8)2/h4,6H,3,5H2,1-2H3,(H,15,16). The van der Waals surface area contributed by atoms with Crippen molar-refractivity contribution in [1.82, 2.24) is 14.5 Å². The van der Waals surface area contributed by atoms with E-state index in [1.165, 1.54) is 11.3 Å². The first-order valence-electron chi connectivity index (χ1n) is 5.32. The highest BCUT2D eigenvalue weighted by Gasteiger charge is 2.11. The fourth-order valence-electron chi connectivity index (χ4n) is 1.42. The van der Waals surface area contributed by atoms with Crippen molar-refractivity contribution in [1.29, 1.82) is 0 Å². The van der Waals surface area contributed by atoms with Gasteiger partial charge in [-0.05, 0) is 6.92 Å². The number of carboxylic acids is 1. The van der Waals surface area contributed by atoms with Gasteiger partial charge in [0.1, 0.15) is 0 Å². The molecule has 0 fully saturated rings. The van der Waals surface area contributed by atoms with Gasteiger partial charge in [-0.15, -0.1) is 11.3 Å². The normalized spacial score (nSPS) is 10.8. The molecule has 2 heterocycles. The van der Waals surface area contributed by atoms with Crippen molar-refractivity contribution in [2.75, 3.05) is 0 Å². The number of nitrogens with zero attached hydrogens (tertiary/aromatic N) is 3. The van der Waals surface area contributed by atoms with Gasteiger partial charge in [0.2, 0.25) is 0 Å². The highest BCUT2D eigenvalue weighted by Crippen LogP contribution is 2.29. The molecule has 0 atom stereocenters. The van der Waals surface area contributed by atoms with Crippen LogP contribution in [0.25, 0.3) is 0 Å². The molecule has 0 aliphatic heterocycles. The second-order valence-electron chi connectivity index (χ2n) is 3.84. The summed E-state index contributed by atoms with van der Waals surface area (Å²) in [5.41, 5.74) is 1.93. The van der Waals surface area contributed by atoms with Gasteiger partial charge in [0.15, 0.2) is 4.34 Å². The van der Waals surface area contributed by atoms with Gasteiger partial charge in [-0.3, -0.25) is 4.79 Å². The van der Waals surface area contributed by atoms with Crippen LogP contribution in [-0.2, 0) is 24.0 Å². The van der Waals surface area contributed by atoms with Gasteiger partial charge in [0, 0.05) is 29.6 Å². The van der Waals surface area contributed by atoms with Gasteiger partial charge in [-0.25, -0.2) is 9.97 Å². The Morgan fingerprint density at radius 1 is 1.61 bits per heavy atom. The zero-order chi connectivity index (χ0) is 13.1. The fourth-order valence-corrected chi connectivity index (χ4v) is 3.67. The molecule has 0 saturated heterocycles. The van der Waals surface area contributed by atoms with Gasteiger partial charge in [0.05, 0.1) is 18.4 Å². The number of carboxylic acid groups (broad SMARTS) is 1. The number of carbonyl (C=O) groups is 1. The van der Waals surface area contributed by atoms with Crippen molar-refractivity contribution in [2.24, 2.45) is 7.05 Å². The molecule has 2 rings (SSSR count). The van der Waals surface area contributed by atoms with Gasteiger partial charge >= 0.3 is 5.97 Å². The molecule has 1 N–H and O–H groups in total. The minimum absolute atomic E-state index is 0.0514. The Balaban J connectivity index is 2.02. The van der Waals surface area contributed by atoms with Crippen molar-refractivity contribution in [3.05, 3.63) is 28.8 Å². The predicted octanol–water partition coefficient (Wildman–Crippen LogP) is 2.10. The van der Waals surface area contributed by atoms with Crippen LogP contribution in [0.3, 0.4) is 0 Å². The SMILES string of the molecule is Cc1nc(SCc2cncn2C)sc1CC(=O)O. The van der Waals surface area contributed by atoms with Crippen LogP contribution in [0.2, 0.25) is 0 Å². The Morgan fingerprint density at radius 3 is 3.00 bits per heavy atom. The Kier molecular flexibility index (Phi) is 4.03. The van der Waals surface area contributed by atoms with Gasteiger partial charge < -0.3 is 9.67 Å². The molecule has 0 radical (unpaired) electrons. The molecule has 0 bridgehead atoms. The van der Waals surface area contributed by atoms with Crippen LogP contribution in [0.1, 0.15) is 16.3 Å². The minimum atomic E-state index is -0.815. The first-order chi connectivity index (χ1) is 8.56. The van der Waals surface area contributed by atoms with E-state index in [0.29, 0.717) is 0 Å². The molecule has 0 aromatic carbocycles. The molecular weight excluding hydrogens is 270 g/mol. The Hall–Kier alpha value is -1.34. The molecular formula is C11H13N3O2S2. The maximum Gasteiger partial charge on any atom is 0.308 e. The van der Waals surface area contributed by atoms with E-state index in [-0.39, 0.29) is 6.42 Å². The van der Waals surface area contributed by atoms with Crippen LogP contribution in [0.5, 0.6) is 0 Å². The van der Waals surface area contributed by atoms with Crippen LogP contribution in [0, 0.1) is 6.92 Å². The van der Waals surface area contributed by atoms with E-state index >= 15 is 0 Å². The van der Waals surface area contributed by atoms with E-state index in [1.807, 2.05) is 24.7 Å². The average Bonchev–Trinajstić information content (AvgIpc) is 2.83. The van der Waals surface area contributed by atoms with Crippen molar-refractivity contribution >= 4 is 29.1 Å². The van der Waals surface area contributed by atoms with Crippen LogP contribution in [-0.4, -0.2) is 25.6 Å². The maximum absolute atomic E-state index is 10.7. The molecule has 96 valence electrons. The molecule has 18 heavy (non-hydrogen) atoms. The summed E-state index contributed by atoms with van der Waals surface area (Å²) in [5, 5.41) is 8.78. The molecule has 7 heteroatoms. The summed E-state index contributed by atoms with van der Waals surface area (Å²) < 4.78 is 2.87. The lowest BCUT2D eigenvalue weighted by Gasteiger charge is -1.98. The molecule has 0 aliphatic rings. The smallest absolute Gasteiger partial charge is 0.308 e. The maximum atomic E-state index is 10.7. The third kappa shape index (κ3) is 3.11. The summed E-state index contributed by atoms with van der Waals surface area (Å²) in [6.07, 6.45) is 3.64. The topological polar surface area (TPSA) is 68.0 Å². The summed E-state index contributed by atoms with van der Waals surface area (Å²) in [4.78, 5) is 19.9. The summed E-state index contributed by atoms with van der Waals surface area (Å²) in [7, 11) is 1.95. The number of aliphatic carboxylic acids is 1. The minimum Gasteiger partial charge on any atom is -0.481 e. The highest BCUT2D eigenvalue weighted by atomic mass is 32.2. The first-order valence-corrected chi connectivity index (χ1v) is 7.12. The van der Waals surface area contributed by atoms with E-state index < -0.39 is 5.97 Å². The number of hydrogen-bond acceptors (Lipinski definition) is 5. The quantitative estimate of drug-likeness (QED) is 0.851. The van der Waals surface area contributed by atoms with Crippen LogP contribution in [0.4, 0.5) is 0 Å². The third-order valence-electron chi connectivity index (χ3n) is 2.44. The van der Waals surface area contributed by atoms with Crippen LogP contribution in [0.15, 0.2) is 16.9 Å². The monoisotopic (exact) mass is 283 g/mol. The third-order valence-corrected chi connectivity index (χ3v) is 4.78. The molecule has 2 aromatic rings. The summed E-state index contributed by atoms with van der Waals surface area (Å²) >= 11 is 3.06. The first kappa shape index (κ1) is 13.1. The lowest BCUT2D eigenvalue weighted by atomic mass is 10.3. The summed E-state index contributed by atoms with van der Waals surface area (Å²) in [5.74, 6) is -0.0272. The fraction of sp³-hybridized carbons (Fsp3) is 0.364. The lowest BCUT2D eigenvalue weighted by Crippen LogP contribution is -1.99. The number of aromatic nitrogens is 3.